The van der Waals surface area contributed by atoms with Gasteiger partial charge in [0.25, 0.3) is 11.8 Å². The minimum absolute atomic E-state index is 0.0305. The van der Waals surface area contributed by atoms with Crippen LogP contribution in [-0.4, -0.2) is 28.9 Å². The quantitative estimate of drug-likeness (QED) is 0.516. The van der Waals surface area contributed by atoms with E-state index >= 15 is 0 Å². The van der Waals surface area contributed by atoms with Gasteiger partial charge in [0.2, 0.25) is 0 Å². The van der Waals surface area contributed by atoms with Crippen molar-refractivity contribution in [3.05, 3.63) is 83.4 Å². The molecule has 0 bridgehead atoms. The van der Waals surface area contributed by atoms with E-state index < -0.39 is 0 Å². The molecule has 4 aromatic rings. The number of aromatic nitrogens is 1. The molecule has 1 aliphatic carbocycles. The Morgan fingerprint density at radius 2 is 2.00 bits per heavy atom. The number of hydrogen-bond acceptors (Lipinski definition) is 5. The maximum absolute atomic E-state index is 13.2. The molecular formula is C24H21N3O4. The molecule has 0 fully saturated rings. The van der Waals surface area contributed by atoms with Gasteiger partial charge in [-0.05, 0) is 54.7 Å². The second-order valence-electron chi connectivity index (χ2n) is 7.72. The smallest absolute Gasteiger partial charge is 0.289 e. The summed E-state index contributed by atoms with van der Waals surface area (Å²) >= 11 is 0. The molecule has 1 N–H and O–H groups in total. The zero-order valence-electron chi connectivity index (χ0n) is 17.0. The Kier molecular flexibility index (Phi) is 4.78. The minimum Gasteiger partial charge on any atom is -0.451 e. The van der Waals surface area contributed by atoms with Crippen molar-refractivity contribution in [1.29, 1.82) is 0 Å². The van der Waals surface area contributed by atoms with Crippen molar-refractivity contribution in [2.45, 2.75) is 25.3 Å². The first-order valence-corrected chi connectivity index (χ1v) is 10.2. The third kappa shape index (κ3) is 3.59. The molecule has 7 nitrogen and oxygen atoms in total. The summed E-state index contributed by atoms with van der Waals surface area (Å²) in [7, 11) is 1.83. The average molecular weight is 415 g/mol. The Hall–Kier alpha value is -3.87. The Balaban J connectivity index is 1.38. The van der Waals surface area contributed by atoms with E-state index in [1.54, 1.807) is 29.2 Å². The van der Waals surface area contributed by atoms with Gasteiger partial charge in [-0.2, -0.15) is 0 Å². The number of anilines is 1. The van der Waals surface area contributed by atoms with Gasteiger partial charge < -0.3 is 19.2 Å². The molecule has 0 spiro atoms. The second kappa shape index (κ2) is 7.75. The van der Waals surface area contributed by atoms with E-state index in [1.807, 2.05) is 19.2 Å². The Labute approximate surface area is 178 Å². The molecule has 1 aliphatic rings. The van der Waals surface area contributed by atoms with Gasteiger partial charge in [-0.1, -0.05) is 29.4 Å². The van der Waals surface area contributed by atoms with Crippen molar-refractivity contribution >= 4 is 28.5 Å². The van der Waals surface area contributed by atoms with Crippen LogP contribution in [0.2, 0.25) is 0 Å². The van der Waals surface area contributed by atoms with Gasteiger partial charge in [-0.25, -0.2) is 0 Å². The van der Waals surface area contributed by atoms with Crippen LogP contribution in [0.5, 0.6) is 0 Å². The first kappa shape index (κ1) is 19.1. The molecule has 0 radical (unpaired) electrons. The lowest BCUT2D eigenvalue weighted by molar-refractivity contribution is 0.0685. The highest BCUT2D eigenvalue weighted by atomic mass is 16.5. The van der Waals surface area contributed by atoms with Gasteiger partial charge in [0.1, 0.15) is 11.8 Å². The number of amides is 2. The molecule has 31 heavy (non-hydrogen) atoms. The average Bonchev–Trinajstić information content (AvgIpc) is 3.47. The molecule has 0 saturated heterocycles. The van der Waals surface area contributed by atoms with Crippen LogP contribution in [0.1, 0.15) is 51.1 Å². The standard InChI is InChI=1S/C24H21N3O4/c1-27(20-8-4-6-15-5-2-3-7-18(15)20)24(29)22-14-16-13-17(9-10-21(16)31-22)25-23(28)19-11-12-30-26-19/h2-3,5,7,9-14,20H,4,6,8H2,1H3,(H,25,28). The van der Waals surface area contributed by atoms with Crippen molar-refractivity contribution in [3.8, 4) is 0 Å². The Bertz CT molecular complexity index is 1260. The lowest BCUT2D eigenvalue weighted by Gasteiger charge is -2.32. The number of carbonyl (C=O) groups is 2. The largest absolute Gasteiger partial charge is 0.451 e. The molecule has 2 heterocycles. The summed E-state index contributed by atoms with van der Waals surface area (Å²) in [6.07, 6.45) is 4.36. The van der Waals surface area contributed by atoms with Crippen molar-refractivity contribution in [2.24, 2.45) is 0 Å². The minimum atomic E-state index is -0.372. The highest BCUT2D eigenvalue weighted by Gasteiger charge is 2.28. The van der Waals surface area contributed by atoms with E-state index in [1.165, 1.54) is 23.5 Å². The third-order valence-electron chi connectivity index (χ3n) is 5.78. The molecule has 7 heteroatoms. The van der Waals surface area contributed by atoms with Crippen LogP contribution in [0.15, 0.2) is 69.8 Å². The van der Waals surface area contributed by atoms with Gasteiger partial charge >= 0.3 is 0 Å². The summed E-state index contributed by atoms with van der Waals surface area (Å²) in [6, 6.07) is 16.8. The van der Waals surface area contributed by atoms with Crippen molar-refractivity contribution in [1.82, 2.24) is 10.1 Å². The number of hydrogen-bond donors (Lipinski definition) is 1. The van der Waals surface area contributed by atoms with Crippen LogP contribution in [0.3, 0.4) is 0 Å². The van der Waals surface area contributed by atoms with Crippen LogP contribution in [-0.2, 0) is 6.42 Å². The second-order valence-corrected chi connectivity index (χ2v) is 7.72. The molecule has 2 amide bonds. The fourth-order valence-electron chi connectivity index (χ4n) is 4.20. The summed E-state index contributed by atoms with van der Waals surface area (Å²) in [4.78, 5) is 27.1. The lowest BCUT2D eigenvalue weighted by Crippen LogP contribution is -2.33. The Morgan fingerprint density at radius 1 is 1.13 bits per heavy atom. The van der Waals surface area contributed by atoms with E-state index in [-0.39, 0.29) is 29.3 Å². The van der Waals surface area contributed by atoms with Gasteiger partial charge in [0.05, 0.1) is 6.04 Å². The fourth-order valence-corrected chi connectivity index (χ4v) is 4.20. The number of rotatable bonds is 4. The van der Waals surface area contributed by atoms with Crippen molar-refractivity contribution < 1.29 is 18.5 Å². The third-order valence-corrected chi connectivity index (χ3v) is 5.78. The first-order valence-electron chi connectivity index (χ1n) is 10.2. The summed E-state index contributed by atoms with van der Waals surface area (Å²) in [6.45, 7) is 0. The topological polar surface area (TPSA) is 88.6 Å². The highest BCUT2D eigenvalue weighted by molar-refractivity contribution is 6.04. The van der Waals surface area contributed by atoms with E-state index in [4.69, 9.17) is 8.94 Å². The molecule has 2 aromatic heterocycles. The van der Waals surface area contributed by atoms with Gasteiger partial charge in [0.15, 0.2) is 11.5 Å². The number of carbonyl (C=O) groups excluding carboxylic acids is 2. The van der Waals surface area contributed by atoms with Crippen LogP contribution < -0.4 is 5.32 Å². The van der Waals surface area contributed by atoms with Crippen molar-refractivity contribution in [2.75, 3.05) is 12.4 Å². The van der Waals surface area contributed by atoms with Crippen LogP contribution >= 0.6 is 0 Å². The number of benzene rings is 2. The number of fused-ring (bicyclic) bond motifs is 2. The monoisotopic (exact) mass is 415 g/mol. The highest BCUT2D eigenvalue weighted by Crippen LogP contribution is 2.34. The molecule has 156 valence electrons. The maximum Gasteiger partial charge on any atom is 0.289 e. The molecular weight excluding hydrogens is 394 g/mol. The molecule has 0 saturated carbocycles. The summed E-state index contributed by atoms with van der Waals surface area (Å²) in [5, 5.41) is 7.12. The predicted octanol–water partition coefficient (Wildman–Crippen LogP) is 4.82. The number of nitrogens with one attached hydrogen (secondary N) is 1. The van der Waals surface area contributed by atoms with Crippen LogP contribution in [0, 0.1) is 0 Å². The number of nitrogens with zero attached hydrogens (tertiary/aromatic N) is 2. The SMILES string of the molecule is CN(C(=O)c1cc2cc(NC(=O)c3ccon3)ccc2o1)C1CCCc2ccccc21. The molecule has 2 aromatic carbocycles. The molecule has 5 rings (SSSR count). The van der Waals surface area contributed by atoms with Crippen LogP contribution in [0.4, 0.5) is 5.69 Å². The van der Waals surface area contributed by atoms with Gasteiger partial charge in [0, 0.05) is 24.2 Å². The Morgan fingerprint density at radius 3 is 2.84 bits per heavy atom. The fraction of sp³-hybridized carbons (Fsp3) is 0.208. The van der Waals surface area contributed by atoms with E-state index in [9.17, 15) is 9.59 Å². The van der Waals surface area contributed by atoms with Crippen LogP contribution in [0.25, 0.3) is 11.0 Å². The van der Waals surface area contributed by atoms with Gasteiger partial charge in [-0.15, -0.1) is 0 Å². The van der Waals surface area contributed by atoms with E-state index in [0.717, 1.165) is 24.6 Å². The number of aryl methyl sites for hydroxylation is 1. The van der Waals surface area contributed by atoms with Crippen molar-refractivity contribution in [3.63, 3.8) is 0 Å². The summed E-state index contributed by atoms with van der Waals surface area (Å²) in [5.74, 6) is -0.254. The lowest BCUT2D eigenvalue weighted by atomic mass is 9.87. The molecule has 1 atom stereocenters. The predicted molar refractivity (Wildman–Crippen MR) is 115 cm³/mol. The van der Waals surface area contributed by atoms with Gasteiger partial charge in [-0.3, -0.25) is 9.59 Å². The van der Waals surface area contributed by atoms with E-state index in [2.05, 4.69) is 22.6 Å². The molecule has 1 unspecified atom stereocenters. The van der Waals surface area contributed by atoms with E-state index in [0.29, 0.717) is 11.3 Å². The number of furan rings is 1. The normalized spacial score (nSPS) is 15.5. The zero-order valence-corrected chi connectivity index (χ0v) is 17.0. The first-order chi connectivity index (χ1) is 15.1. The maximum atomic E-state index is 13.2. The zero-order chi connectivity index (χ0) is 21.4. The summed E-state index contributed by atoms with van der Waals surface area (Å²) in [5.41, 5.74) is 3.86. The summed E-state index contributed by atoms with van der Waals surface area (Å²) < 4.78 is 10.5. The molecule has 0 aliphatic heterocycles.